The molecule has 42 heavy (non-hydrogen) atoms. The molecule has 1 aromatic carbocycles. The number of carbonyl (C=O) groups is 1. The standard InChI is InChI=1S/C30H37BrN10O/c1-19-8-9-23-24(13-19)35-26(34-23)18-40(15-20(2)28(42)38-11-4-3-5-12-38)30-37-29(36-27-22(31)14-33-41(27)30)39-16-21-7-6-10-32-25(21)17-39/h8-9,13-14,21,25,32H,2-7,10-12,15-18H2,1H3,(H,34,35). The molecule has 6 heterocycles. The number of nitrogens with zero attached hydrogens (tertiary/aromatic N) is 8. The predicted molar refractivity (Wildman–Crippen MR) is 167 cm³/mol. The van der Waals surface area contributed by atoms with Crippen LogP contribution >= 0.6 is 15.9 Å². The number of hydrogen-bond donors (Lipinski definition) is 2. The fraction of sp³-hybridized carbons (Fsp3) is 0.500. The first-order valence-corrected chi connectivity index (χ1v) is 15.8. The summed E-state index contributed by atoms with van der Waals surface area (Å²) in [6.45, 7) is 11.4. The summed E-state index contributed by atoms with van der Waals surface area (Å²) in [6.07, 6.45) is 7.40. The zero-order chi connectivity index (χ0) is 28.8. The van der Waals surface area contributed by atoms with E-state index in [0.29, 0.717) is 48.2 Å². The number of rotatable bonds is 7. The number of aromatic nitrogens is 6. The Kier molecular flexibility index (Phi) is 7.35. The third kappa shape index (κ3) is 5.26. The Hall–Kier alpha value is -3.51. The van der Waals surface area contributed by atoms with Gasteiger partial charge in [0.2, 0.25) is 11.9 Å². The van der Waals surface area contributed by atoms with Gasteiger partial charge in [-0.15, -0.1) is 0 Å². The highest BCUT2D eigenvalue weighted by Crippen LogP contribution is 2.31. The van der Waals surface area contributed by atoms with Crippen LogP contribution in [0, 0.1) is 12.8 Å². The molecular formula is C30H37BrN10O. The van der Waals surface area contributed by atoms with Crippen molar-refractivity contribution in [2.75, 3.05) is 49.1 Å². The number of H-pyrrole nitrogens is 1. The minimum atomic E-state index is 0.00166. The average molecular weight is 634 g/mol. The lowest BCUT2D eigenvalue weighted by Crippen LogP contribution is -2.40. The minimum absolute atomic E-state index is 0.00166. The molecule has 0 spiro atoms. The third-order valence-corrected chi connectivity index (χ3v) is 9.37. The highest BCUT2D eigenvalue weighted by atomic mass is 79.9. The molecule has 4 aromatic rings. The zero-order valence-corrected chi connectivity index (χ0v) is 25.6. The van der Waals surface area contributed by atoms with Gasteiger partial charge in [-0.25, -0.2) is 4.98 Å². The Balaban J connectivity index is 1.26. The Morgan fingerprint density at radius 1 is 1.14 bits per heavy atom. The second-order valence-electron chi connectivity index (χ2n) is 11.9. The van der Waals surface area contributed by atoms with Crippen molar-refractivity contribution in [3.63, 3.8) is 0 Å². The van der Waals surface area contributed by atoms with E-state index in [1.807, 2.05) is 15.9 Å². The van der Waals surface area contributed by atoms with Crippen molar-refractivity contribution < 1.29 is 4.79 Å². The van der Waals surface area contributed by atoms with E-state index in [1.54, 1.807) is 10.7 Å². The van der Waals surface area contributed by atoms with E-state index in [2.05, 4.69) is 61.9 Å². The third-order valence-electron chi connectivity index (χ3n) is 8.82. The number of carbonyl (C=O) groups excluding carboxylic acids is 1. The number of likely N-dealkylation sites (tertiary alicyclic amines) is 1. The summed E-state index contributed by atoms with van der Waals surface area (Å²) in [6, 6.07) is 6.64. The fourth-order valence-electron chi connectivity index (χ4n) is 6.63. The molecule has 3 aliphatic rings. The van der Waals surface area contributed by atoms with Gasteiger partial charge in [-0.2, -0.15) is 19.6 Å². The van der Waals surface area contributed by atoms with Crippen LogP contribution in [0.5, 0.6) is 0 Å². The highest BCUT2D eigenvalue weighted by molar-refractivity contribution is 9.10. The molecule has 2 unspecified atom stereocenters. The summed E-state index contributed by atoms with van der Waals surface area (Å²) in [4.78, 5) is 38.2. The van der Waals surface area contributed by atoms with Crippen LogP contribution in [0.4, 0.5) is 11.9 Å². The molecule has 3 aliphatic heterocycles. The molecule has 2 N–H and O–H groups in total. The number of nitrogens with one attached hydrogen (secondary N) is 2. The number of amides is 1. The van der Waals surface area contributed by atoms with E-state index in [1.165, 1.54) is 18.4 Å². The molecule has 3 fully saturated rings. The Morgan fingerprint density at radius 3 is 2.83 bits per heavy atom. The van der Waals surface area contributed by atoms with Gasteiger partial charge in [0.15, 0.2) is 5.65 Å². The normalized spacial score (nSPS) is 20.8. The van der Waals surface area contributed by atoms with Crippen LogP contribution in [0.15, 0.2) is 41.0 Å². The summed E-state index contributed by atoms with van der Waals surface area (Å²) in [7, 11) is 0. The van der Waals surface area contributed by atoms with Crippen LogP contribution in [0.25, 0.3) is 16.7 Å². The predicted octanol–water partition coefficient (Wildman–Crippen LogP) is 3.84. The van der Waals surface area contributed by atoms with E-state index in [0.717, 1.165) is 73.3 Å². The molecule has 11 nitrogen and oxygen atoms in total. The Bertz CT molecular complexity index is 1630. The van der Waals surface area contributed by atoms with Crippen LogP contribution in [-0.4, -0.2) is 85.7 Å². The maximum atomic E-state index is 13.5. The molecule has 3 saturated heterocycles. The first-order valence-electron chi connectivity index (χ1n) is 15.0. The van der Waals surface area contributed by atoms with Gasteiger partial charge in [0.05, 0.1) is 34.8 Å². The molecule has 0 saturated carbocycles. The van der Waals surface area contributed by atoms with Crippen LogP contribution in [0.3, 0.4) is 0 Å². The Labute approximate surface area is 253 Å². The number of fused-ring (bicyclic) bond motifs is 3. The topological polar surface area (TPSA) is 111 Å². The second-order valence-corrected chi connectivity index (χ2v) is 12.8. The first-order chi connectivity index (χ1) is 20.4. The lowest BCUT2D eigenvalue weighted by atomic mass is 9.94. The number of hydrogen-bond acceptors (Lipinski definition) is 8. The van der Waals surface area contributed by atoms with Gasteiger partial charge in [-0.3, -0.25) is 4.79 Å². The lowest BCUT2D eigenvalue weighted by Gasteiger charge is -2.30. The molecule has 0 aliphatic carbocycles. The number of aromatic amines is 1. The molecule has 2 atom stereocenters. The molecule has 0 radical (unpaired) electrons. The largest absolute Gasteiger partial charge is 0.340 e. The molecular weight excluding hydrogens is 596 g/mol. The summed E-state index contributed by atoms with van der Waals surface area (Å²) in [5.74, 6) is 2.65. The summed E-state index contributed by atoms with van der Waals surface area (Å²) in [5.41, 5.74) is 4.27. The maximum absolute atomic E-state index is 13.5. The smallest absolute Gasteiger partial charge is 0.250 e. The van der Waals surface area contributed by atoms with Gasteiger partial charge in [0, 0.05) is 37.8 Å². The average Bonchev–Trinajstić information content (AvgIpc) is 3.72. The van der Waals surface area contributed by atoms with Gasteiger partial charge in [-0.05, 0) is 85.1 Å². The van der Waals surface area contributed by atoms with E-state index in [-0.39, 0.29) is 5.91 Å². The quantitative estimate of drug-likeness (QED) is 0.296. The van der Waals surface area contributed by atoms with Crippen molar-refractivity contribution in [3.05, 3.63) is 52.4 Å². The fourth-order valence-corrected chi connectivity index (χ4v) is 6.98. The van der Waals surface area contributed by atoms with Crippen molar-refractivity contribution in [1.29, 1.82) is 0 Å². The van der Waals surface area contributed by atoms with Crippen LogP contribution in [-0.2, 0) is 11.3 Å². The monoisotopic (exact) mass is 632 g/mol. The van der Waals surface area contributed by atoms with Crippen molar-refractivity contribution in [2.24, 2.45) is 5.92 Å². The van der Waals surface area contributed by atoms with Gasteiger partial charge in [-0.1, -0.05) is 12.6 Å². The molecule has 1 amide bonds. The first kappa shape index (κ1) is 27.3. The number of halogens is 1. The Morgan fingerprint density at radius 2 is 2.00 bits per heavy atom. The number of imidazole rings is 1. The van der Waals surface area contributed by atoms with Crippen LogP contribution in [0.1, 0.15) is 43.5 Å². The van der Waals surface area contributed by atoms with E-state index < -0.39 is 0 Å². The summed E-state index contributed by atoms with van der Waals surface area (Å²) >= 11 is 3.66. The van der Waals surface area contributed by atoms with Crippen molar-refractivity contribution in [1.82, 2.24) is 39.8 Å². The van der Waals surface area contributed by atoms with Crippen molar-refractivity contribution >= 4 is 50.4 Å². The number of aryl methyl sites for hydroxylation is 1. The highest BCUT2D eigenvalue weighted by Gasteiger charge is 2.36. The minimum Gasteiger partial charge on any atom is -0.340 e. The van der Waals surface area contributed by atoms with Gasteiger partial charge >= 0.3 is 0 Å². The molecule has 7 rings (SSSR count). The van der Waals surface area contributed by atoms with E-state index >= 15 is 0 Å². The van der Waals surface area contributed by atoms with Gasteiger partial charge in [0.1, 0.15) is 5.82 Å². The number of benzene rings is 1. The number of piperidine rings is 2. The van der Waals surface area contributed by atoms with Crippen molar-refractivity contribution in [3.8, 4) is 0 Å². The van der Waals surface area contributed by atoms with Crippen molar-refractivity contribution in [2.45, 2.75) is 51.6 Å². The SMILES string of the molecule is C=C(CN(Cc1nc2ccc(C)cc2[nH]1)c1nc(N2CC3CCCNC3C2)nc2c(Br)cnn12)C(=O)N1CCCCC1. The van der Waals surface area contributed by atoms with Crippen LogP contribution < -0.4 is 15.1 Å². The molecule has 12 heteroatoms. The number of anilines is 2. The molecule has 0 bridgehead atoms. The van der Waals surface area contributed by atoms with Crippen LogP contribution in [0.2, 0.25) is 0 Å². The summed E-state index contributed by atoms with van der Waals surface area (Å²) in [5, 5.41) is 8.31. The maximum Gasteiger partial charge on any atom is 0.250 e. The van der Waals surface area contributed by atoms with E-state index in [9.17, 15) is 4.79 Å². The summed E-state index contributed by atoms with van der Waals surface area (Å²) < 4.78 is 2.55. The second kappa shape index (κ2) is 11.3. The van der Waals surface area contributed by atoms with Gasteiger partial charge in [0.25, 0.3) is 5.91 Å². The molecule has 220 valence electrons. The van der Waals surface area contributed by atoms with E-state index in [4.69, 9.17) is 15.0 Å². The lowest BCUT2D eigenvalue weighted by molar-refractivity contribution is -0.128. The molecule has 3 aromatic heterocycles. The van der Waals surface area contributed by atoms with Gasteiger partial charge < -0.3 is 25.0 Å². The zero-order valence-electron chi connectivity index (χ0n) is 24.0.